The number of nitrogens with zero attached hydrogens (tertiary/aromatic N) is 1. The first-order valence-electron chi connectivity index (χ1n) is 0.812. The van der Waals surface area contributed by atoms with E-state index in [0.29, 0.717) is 0 Å². The van der Waals surface area contributed by atoms with Gasteiger partial charge in [0.2, 0.25) is 0 Å². The zero-order valence-electron chi connectivity index (χ0n) is 2.26. The first kappa shape index (κ1) is 3.88. The summed E-state index contributed by atoms with van der Waals surface area (Å²) < 4.78 is 0. The minimum absolute atomic E-state index is 0.500. The third-order valence-corrected chi connectivity index (χ3v) is 0. The van der Waals surface area contributed by atoms with Crippen LogP contribution in [0.25, 0.3) is 0 Å². The molecule has 26 valence electrons. The fourth-order valence-electron chi connectivity index (χ4n) is 0. The Morgan fingerprint density at radius 3 is 1.50 bits per heavy atom. The van der Waals surface area contributed by atoms with Crippen molar-refractivity contribution in [3.63, 3.8) is 0 Å². The Balaban J connectivity index is 2.32. The zero-order chi connectivity index (χ0) is 3.58. The molecule has 3 heteroatoms. The lowest BCUT2D eigenvalue weighted by molar-refractivity contribution is 0.636. The Kier molecular flexibility index (Phi) is 1.19. The molecule has 0 N–H and O–H groups in total. The maximum atomic E-state index is 8.81. The Labute approximate surface area is 24.0 Å². The highest BCUT2D eigenvalue weighted by molar-refractivity contribution is 4.40. The van der Waals surface area contributed by atoms with Gasteiger partial charge in [0, 0.05) is 0 Å². The van der Waals surface area contributed by atoms with Crippen molar-refractivity contribution in [1.29, 1.82) is 0 Å². The van der Waals surface area contributed by atoms with Crippen LogP contribution in [0.3, 0.4) is 0 Å². The molecule has 0 spiro atoms. The van der Waals surface area contributed by atoms with Crippen LogP contribution in [0, 0.1) is 10.4 Å². The molecule has 0 fully saturated rings. The predicted molar refractivity (Wildman–Crippen MR) is 14.5 cm³/mol. The first-order valence-corrected chi connectivity index (χ1v) is 0.812. The third-order valence-electron chi connectivity index (χ3n) is 0. The fraction of sp³-hybridized carbons (Fsp3) is 1.00. The molecule has 0 aromatic carbocycles. The average Bonchev–Trinajstić information content (AvgIpc) is 0.811. The summed E-state index contributed by atoms with van der Waals surface area (Å²) in [5.41, 5.74) is 0. The third kappa shape index (κ3) is 101. The molecule has 0 unspecified atom stereocenters. The Morgan fingerprint density at radius 2 is 1.50 bits per heavy atom. The Hall–Kier alpha value is -0.120. The van der Waals surface area contributed by atoms with Gasteiger partial charge in [-0.05, 0) is 7.05 Å². The van der Waals surface area contributed by atoms with Crippen molar-refractivity contribution in [2.24, 2.45) is 0 Å². The maximum absolute atomic E-state index is 8.81. The van der Waals surface area contributed by atoms with Crippen molar-refractivity contribution in [2.45, 2.75) is 0 Å². The van der Waals surface area contributed by atoms with Crippen LogP contribution in [0.2, 0.25) is 0 Å². The monoisotopic (exact) mass is 61.0 g/mol. The van der Waals surface area contributed by atoms with E-state index in [4.69, 9.17) is 10.4 Å². The molecule has 0 aliphatic heterocycles. The van der Waals surface area contributed by atoms with E-state index in [1.54, 1.807) is 0 Å². The van der Waals surface area contributed by atoms with Crippen LogP contribution in [-0.2, 0) is 0 Å². The van der Waals surface area contributed by atoms with Gasteiger partial charge in [-0.15, -0.1) is 0 Å². The number of hydroxylamine groups is 2. The highest BCUT2D eigenvalue weighted by atomic mass is 16.8. The largest absolute Gasteiger partial charge is 0.797 e. The Morgan fingerprint density at radius 1 is 1.50 bits per heavy atom. The predicted octanol–water partition coefficient (Wildman–Crippen LogP) is -0.0862. The van der Waals surface area contributed by atoms with Gasteiger partial charge in [0.05, 0.1) is 0 Å². The molecule has 4 heavy (non-hydrogen) atoms. The molecule has 0 amide bonds. The summed E-state index contributed by atoms with van der Waals surface area (Å²) in [7, 11) is 0.889. The molecule has 0 bridgehead atoms. The van der Waals surface area contributed by atoms with Crippen LogP contribution in [-0.4, -0.2) is 12.3 Å². The quantitative estimate of drug-likeness (QED) is 0.368. The molecule has 0 saturated carbocycles. The number of rotatable bonds is 0. The second-order valence-electron chi connectivity index (χ2n) is 0.440. The number of hydrogen-bond donors (Lipinski definition) is 0. The van der Waals surface area contributed by atoms with E-state index in [9.17, 15) is 0 Å². The van der Waals surface area contributed by atoms with Gasteiger partial charge in [-0.1, -0.05) is 0 Å². The van der Waals surface area contributed by atoms with Crippen LogP contribution < -0.4 is 0 Å². The lowest BCUT2D eigenvalue weighted by Crippen LogP contribution is -1.92. The van der Waals surface area contributed by atoms with Crippen LogP contribution in [0.15, 0.2) is 0 Å². The van der Waals surface area contributed by atoms with Crippen molar-refractivity contribution in [3.05, 3.63) is 10.4 Å². The second-order valence-corrected chi connectivity index (χ2v) is 0.440. The van der Waals surface area contributed by atoms with Crippen molar-refractivity contribution >= 4 is 0 Å². The minimum Gasteiger partial charge on any atom is -0.797 e. The SMILES string of the molecule is CN([O-])[O-]. The lowest BCUT2D eigenvalue weighted by Gasteiger charge is -2.28. The normalized spacial score (nSPS) is 9.00. The zero-order valence-corrected chi connectivity index (χ0v) is 2.26. The molecule has 0 atom stereocenters. The lowest BCUT2D eigenvalue weighted by atomic mass is 11.5. The van der Waals surface area contributed by atoms with E-state index in [0.717, 1.165) is 7.05 Å². The smallest absolute Gasteiger partial charge is 0.0382 e. The molecule has 0 aliphatic rings. The van der Waals surface area contributed by atoms with Crippen LogP contribution >= 0.6 is 0 Å². The molecule has 0 aromatic heterocycles. The summed E-state index contributed by atoms with van der Waals surface area (Å²) in [5, 5.41) is 17.1. The van der Waals surface area contributed by atoms with Gasteiger partial charge in [-0.25, -0.2) is 0 Å². The summed E-state index contributed by atoms with van der Waals surface area (Å²) in [6.45, 7) is 0. The van der Waals surface area contributed by atoms with Crippen LogP contribution in [0.5, 0.6) is 0 Å². The number of hydrogen-bond acceptors (Lipinski definition) is 3. The molecule has 0 heterocycles. The summed E-state index contributed by atoms with van der Waals surface area (Å²) >= 11 is 0. The van der Waals surface area contributed by atoms with Crippen molar-refractivity contribution < 1.29 is 0 Å². The molecular weight excluding hydrogens is 58.0 g/mol. The molecule has 0 rings (SSSR count). The topological polar surface area (TPSA) is 49.4 Å². The first-order chi connectivity index (χ1) is 1.73. The highest BCUT2D eigenvalue weighted by Gasteiger charge is 1.26. The summed E-state index contributed by atoms with van der Waals surface area (Å²) in [5.74, 6) is 0. The van der Waals surface area contributed by atoms with Gasteiger partial charge < -0.3 is 15.6 Å². The van der Waals surface area contributed by atoms with E-state index >= 15 is 0 Å². The molecule has 0 aromatic rings. The minimum atomic E-state index is -0.500. The van der Waals surface area contributed by atoms with Gasteiger partial charge in [-0.3, -0.25) is 0 Å². The summed E-state index contributed by atoms with van der Waals surface area (Å²) in [4.78, 5) is 0. The van der Waals surface area contributed by atoms with E-state index in [1.165, 1.54) is 0 Å². The van der Waals surface area contributed by atoms with E-state index in [-0.39, 0.29) is 0 Å². The van der Waals surface area contributed by atoms with E-state index < -0.39 is 5.23 Å². The van der Waals surface area contributed by atoms with Crippen molar-refractivity contribution in [3.8, 4) is 0 Å². The van der Waals surface area contributed by atoms with Gasteiger partial charge >= 0.3 is 0 Å². The molecular formula is CH3NO2-2. The molecule has 3 nitrogen and oxygen atoms in total. The maximum Gasteiger partial charge on any atom is -0.0382 e. The van der Waals surface area contributed by atoms with Gasteiger partial charge in [0.15, 0.2) is 0 Å². The van der Waals surface area contributed by atoms with E-state index in [1.807, 2.05) is 0 Å². The van der Waals surface area contributed by atoms with Crippen molar-refractivity contribution in [1.82, 2.24) is 5.23 Å². The van der Waals surface area contributed by atoms with Gasteiger partial charge in [-0.2, -0.15) is 0 Å². The molecule has 0 aliphatic carbocycles. The van der Waals surface area contributed by atoms with Crippen LogP contribution in [0.4, 0.5) is 0 Å². The second kappa shape index (κ2) is 1.23. The van der Waals surface area contributed by atoms with E-state index in [2.05, 4.69) is 0 Å². The molecule has 0 radical (unpaired) electrons. The summed E-state index contributed by atoms with van der Waals surface area (Å²) in [6.07, 6.45) is 0. The standard InChI is InChI=1S/CH3NO2/c1-2(3)4/h1H3/q-2. The average molecular weight is 61.0 g/mol. The van der Waals surface area contributed by atoms with Crippen LogP contribution in [0.1, 0.15) is 0 Å². The summed E-state index contributed by atoms with van der Waals surface area (Å²) in [6, 6.07) is 0. The highest BCUT2D eigenvalue weighted by Crippen LogP contribution is 1.56. The van der Waals surface area contributed by atoms with Gasteiger partial charge in [0.1, 0.15) is 0 Å². The molecule has 0 saturated heterocycles. The Bertz CT molecular complexity index is 10.8. The van der Waals surface area contributed by atoms with Crippen molar-refractivity contribution in [2.75, 3.05) is 7.05 Å². The van der Waals surface area contributed by atoms with Gasteiger partial charge in [0.25, 0.3) is 0 Å². The fourth-order valence-corrected chi connectivity index (χ4v) is 0.